The Hall–Kier alpha value is -2.41. The molecule has 2 heterocycles. The highest BCUT2D eigenvalue weighted by molar-refractivity contribution is 7.16. The fourth-order valence-corrected chi connectivity index (χ4v) is 2.75. The van der Waals surface area contributed by atoms with Crippen LogP contribution in [0.15, 0.2) is 24.5 Å². The van der Waals surface area contributed by atoms with Gasteiger partial charge in [0.15, 0.2) is 0 Å². The lowest BCUT2D eigenvalue weighted by atomic mass is 10.2. The van der Waals surface area contributed by atoms with E-state index in [1.165, 1.54) is 36.9 Å². The summed E-state index contributed by atoms with van der Waals surface area (Å²) < 4.78 is 5.07. The van der Waals surface area contributed by atoms with Gasteiger partial charge in [0.2, 0.25) is 0 Å². The number of carbonyl (C=O) groups is 2. The van der Waals surface area contributed by atoms with Gasteiger partial charge in [-0.15, -0.1) is 11.3 Å². The molecular formula is C14H14N2O4S. The van der Waals surface area contributed by atoms with Crippen LogP contribution in [0.4, 0.5) is 5.00 Å². The largest absolute Gasteiger partial charge is 0.494 e. The van der Waals surface area contributed by atoms with Crippen LogP contribution in [0.25, 0.3) is 0 Å². The standard InChI is InChI=1S/C14H14N2O4S/c1-3-8-6-10(14(18)19)13(21-8)16-12(17)9-4-5-15-7-11(9)20-2/h4-7H,3H2,1-2H3,(H,16,17)(H,18,19). The van der Waals surface area contributed by atoms with E-state index in [1.807, 2.05) is 6.92 Å². The summed E-state index contributed by atoms with van der Waals surface area (Å²) in [5, 5.41) is 12.1. The number of ether oxygens (including phenoxy) is 1. The molecule has 0 aromatic carbocycles. The third kappa shape index (κ3) is 3.19. The summed E-state index contributed by atoms with van der Waals surface area (Å²) in [6.45, 7) is 1.93. The second-order valence-electron chi connectivity index (χ2n) is 4.14. The van der Waals surface area contributed by atoms with Crippen LogP contribution in [0, 0.1) is 0 Å². The monoisotopic (exact) mass is 306 g/mol. The average Bonchev–Trinajstić information content (AvgIpc) is 2.90. The number of aromatic nitrogens is 1. The van der Waals surface area contributed by atoms with Crippen LogP contribution in [0.2, 0.25) is 0 Å². The number of thiophene rings is 1. The van der Waals surface area contributed by atoms with Crippen molar-refractivity contribution >= 4 is 28.2 Å². The molecule has 0 aliphatic rings. The molecule has 1 amide bonds. The lowest BCUT2D eigenvalue weighted by Crippen LogP contribution is -2.14. The van der Waals surface area contributed by atoms with E-state index in [0.29, 0.717) is 22.7 Å². The normalized spacial score (nSPS) is 10.2. The van der Waals surface area contributed by atoms with Gasteiger partial charge in [-0.1, -0.05) is 6.92 Å². The first-order chi connectivity index (χ1) is 10.1. The van der Waals surface area contributed by atoms with Gasteiger partial charge in [-0.2, -0.15) is 0 Å². The highest BCUT2D eigenvalue weighted by Crippen LogP contribution is 2.29. The molecule has 0 saturated carbocycles. The second-order valence-corrected chi connectivity index (χ2v) is 5.28. The number of carboxylic acids is 1. The minimum Gasteiger partial charge on any atom is -0.494 e. The number of anilines is 1. The molecule has 0 aliphatic heterocycles. The third-order valence-electron chi connectivity index (χ3n) is 2.84. The van der Waals surface area contributed by atoms with Crippen LogP contribution in [-0.2, 0) is 6.42 Å². The molecular weight excluding hydrogens is 292 g/mol. The Labute approximate surface area is 125 Å². The lowest BCUT2D eigenvalue weighted by Gasteiger charge is -2.08. The molecule has 7 heteroatoms. The first kappa shape index (κ1) is 15.0. The molecule has 0 aliphatic carbocycles. The van der Waals surface area contributed by atoms with Crippen molar-refractivity contribution in [3.8, 4) is 5.75 Å². The molecule has 2 N–H and O–H groups in total. The number of hydrogen-bond acceptors (Lipinski definition) is 5. The van der Waals surface area contributed by atoms with Crippen molar-refractivity contribution in [3.05, 3.63) is 40.5 Å². The van der Waals surface area contributed by atoms with E-state index in [4.69, 9.17) is 4.74 Å². The molecule has 2 rings (SSSR count). The Balaban J connectivity index is 2.31. The van der Waals surface area contributed by atoms with Gasteiger partial charge in [0.05, 0.1) is 24.4 Å². The van der Waals surface area contributed by atoms with Crippen molar-refractivity contribution < 1.29 is 19.4 Å². The fraction of sp³-hybridized carbons (Fsp3) is 0.214. The average molecular weight is 306 g/mol. The Morgan fingerprint density at radius 2 is 2.19 bits per heavy atom. The molecule has 21 heavy (non-hydrogen) atoms. The van der Waals surface area contributed by atoms with E-state index >= 15 is 0 Å². The van der Waals surface area contributed by atoms with E-state index in [0.717, 1.165) is 4.88 Å². The molecule has 0 bridgehead atoms. The maximum atomic E-state index is 12.3. The zero-order valence-corrected chi connectivity index (χ0v) is 12.4. The van der Waals surface area contributed by atoms with Crippen LogP contribution >= 0.6 is 11.3 Å². The zero-order valence-electron chi connectivity index (χ0n) is 11.5. The molecule has 2 aromatic rings. The summed E-state index contributed by atoms with van der Waals surface area (Å²) in [4.78, 5) is 28.2. The minimum absolute atomic E-state index is 0.0956. The first-order valence-electron chi connectivity index (χ1n) is 6.22. The number of nitrogens with zero attached hydrogens (tertiary/aromatic N) is 1. The van der Waals surface area contributed by atoms with Gasteiger partial charge in [-0.05, 0) is 18.6 Å². The number of pyridine rings is 1. The van der Waals surface area contributed by atoms with Gasteiger partial charge in [-0.3, -0.25) is 9.78 Å². The fourth-order valence-electron chi connectivity index (χ4n) is 1.77. The van der Waals surface area contributed by atoms with Crippen LogP contribution in [-0.4, -0.2) is 29.1 Å². The summed E-state index contributed by atoms with van der Waals surface area (Å²) in [7, 11) is 1.44. The number of rotatable bonds is 5. The Bertz CT molecular complexity index is 681. The molecule has 0 saturated heterocycles. The minimum atomic E-state index is -1.07. The Kier molecular flexibility index (Phi) is 4.54. The number of aryl methyl sites for hydroxylation is 1. The van der Waals surface area contributed by atoms with Gasteiger partial charge >= 0.3 is 5.97 Å². The van der Waals surface area contributed by atoms with E-state index in [-0.39, 0.29) is 5.56 Å². The lowest BCUT2D eigenvalue weighted by molar-refractivity contribution is 0.0698. The Morgan fingerprint density at radius 1 is 1.43 bits per heavy atom. The number of methoxy groups -OCH3 is 1. The number of amides is 1. The van der Waals surface area contributed by atoms with E-state index in [9.17, 15) is 14.7 Å². The van der Waals surface area contributed by atoms with Crippen molar-refractivity contribution in [2.45, 2.75) is 13.3 Å². The van der Waals surface area contributed by atoms with Crippen LogP contribution in [0.3, 0.4) is 0 Å². The molecule has 0 spiro atoms. The van der Waals surface area contributed by atoms with Crippen molar-refractivity contribution in [2.24, 2.45) is 0 Å². The van der Waals surface area contributed by atoms with Gasteiger partial charge in [0.1, 0.15) is 10.8 Å². The van der Waals surface area contributed by atoms with E-state index in [1.54, 1.807) is 6.07 Å². The summed E-state index contributed by atoms with van der Waals surface area (Å²) >= 11 is 1.26. The molecule has 0 atom stereocenters. The van der Waals surface area contributed by atoms with Crippen LogP contribution < -0.4 is 10.1 Å². The highest BCUT2D eigenvalue weighted by atomic mass is 32.1. The molecule has 0 fully saturated rings. The van der Waals surface area contributed by atoms with Crippen LogP contribution in [0.5, 0.6) is 5.75 Å². The quantitative estimate of drug-likeness (QED) is 0.886. The number of carboxylic acid groups (broad SMARTS) is 1. The molecule has 0 radical (unpaired) electrons. The summed E-state index contributed by atoms with van der Waals surface area (Å²) in [5.41, 5.74) is 0.397. The number of aromatic carboxylic acids is 1. The highest BCUT2D eigenvalue weighted by Gasteiger charge is 2.19. The third-order valence-corrected chi connectivity index (χ3v) is 4.03. The molecule has 0 unspecified atom stereocenters. The second kappa shape index (κ2) is 6.36. The first-order valence-corrected chi connectivity index (χ1v) is 7.03. The van der Waals surface area contributed by atoms with E-state index in [2.05, 4.69) is 10.3 Å². The predicted molar refractivity (Wildman–Crippen MR) is 79.4 cm³/mol. The zero-order chi connectivity index (χ0) is 15.4. The van der Waals surface area contributed by atoms with Gasteiger partial charge < -0.3 is 15.2 Å². The number of carbonyl (C=O) groups excluding carboxylic acids is 1. The van der Waals surface area contributed by atoms with Crippen molar-refractivity contribution in [2.75, 3.05) is 12.4 Å². The SMILES string of the molecule is CCc1cc(C(=O)O)c(NC(=O)c2ccncc2OC)s1. The summed E-state index contributed by atoms with van der Waals surface area (Å²) in [6, 6.07) is 3.09. The van der Waals surface area contributed by atoms with E-state index < -0.39 is 11.9 Å². The molecule has 6 nitrogen and oxygen atoms in total. The maximum Gasteiger partial charge on any atom is 0.338 e. The summed E-state index contributed by atoms with van der Waals surface area (Å²) in [5.74, 6) is -1.16. The maximum absolute atomic E-state index is 12.3. The van der Waals surface area contributed by atoms with Crippen LogP contribution in [0.1, 0.15) is 32.5 Å². The Morgan fingerprint density at radius 3 is 2.81 bits per heavy atom. The number of nitrogens with one attached hydrogen (secondary N) is 1. The summed E-state index contributed by atoms with van der Waals surface area (Å²) in [6.07, 6.45) is 3.61. The molecule has 110 valence electrons. The smallest absolute Gasteiger partial charge is 0.338 e. The van der Waals surface area contributed by atoms with Crippen molar-refractivity contribution in [1.82, 2.24) is 4.98 Å². The van der Waals surface area contributed by atoms with Gasteiger partial charge in [-0.25, -0.2) is 4.79 Å². The topological polar surface area (TPSA) is 88.5 Å². The van der Waals surface area contributed by atoms with Crippen molar-refractivity contribution in [1.29, 1.82) is 0 Å². The van der Waals surface area contributed by atoms with Gasteiger partial charge in [0, 0.05) is 11.1 Å². The van der Waals surface area contributed by atoms with Gasteiger partial charge in [0.25, 0.3) is 5.91 Å². The predicted octanol–water partition coefficient (Wildman–Crippen LogP) is 2.66. The van der Waals surface area contributed by atoms with Crippen molar-refractivity contribution in [3.63, 3.8) is 0 Å². The number of hydrogen-bond donors (Lipinski definition) is 2. The molecule has 2 aromatic heterocycles.